The second-order valence-electron chi connectivity index (χ2n) is 4.72. The van der Waals surface area contributed by atoms with Crippen LogP contribution >= 0.6 is 0 Å². The monoisotopic (exact) mass is 220 g/mol. The van der Waals surface area contributed by atoms with Gasteiger partial charge in [0.05, 0.1) is 0 Å². The van der Waals surface area contributed by atoms with Crippen LogP contribution in [0.1, 0.15) is 30.5 Å². The molecule has 0 unspecified atom stereocenters. The zero-order chi connectivity index (χ0) is 12.1. The molecule has 0 spiro atoms. The maximum absolute atomic E-state index is 3.47. The number of hydrogen-bond acceptors (Lipinski definition) is 2. The highest BCUT2D eigenvalue weighted by Gasteiger charge is 2.02. The van der Waals surface area contributed by atoms with Gasteiger partial charge in [-0.1, -0.05) is 19.9 Å². The molecule has 0 radical (unpaired) electrons. The van der Waals surface area contributed by atoms with E-state index in [2.05, 4.69) is 57.4 Å². The van der Waals surface area contributed by atoms with Crippen molar-refractivity contribution < 1.29 is 0 Å². The maximum Gasteiger partial charge on any atom is 0.0373 e. The second-order valence-corrected chi connectivity index (χ2v) is 4.72. The topological polar surface area (TPSA) is 24.1 Å². The molecule has 1 aromatic rings. The molecule has 1 aromatic carbocycles. The molecule has 1 rings (SSSR count). The summed E-state index contributed by atoms with van der Waals surface area (Å²) in [5, 5.41) is 6.87. The first-order valence-corrected chi connectivity index (χ1v) is 6.06. The minimum absolute atomic E-state index is 0.558. The first-order chi connectivity index (χ1) is 7.52. The molecule has 0 amide bonds. The van der Waals surface area contributed by atoms with Crippen molar-refractivity contribution in [3.8, 4) is 0 Å². The Morgan fingerprint density at radius 3 is 2.31 bits per heavy atom. The lowest BCUT2D eigenvalue weighted by atomic mass is 10.0. The summed E-state index contributed by atoms with van der Waals surface area (Å²) in [7, 11) is 0. The molecule has 0 bridgehead atoms. The number of anilines is 1. The van der Waals surface area contributed by atoms with Crippen LogP contribution in [0.15, 0.2) is 12.1 Å². The van der Waals surface area contributed by atoms with Crippen molar-refractivity contribution in [1.29, 1.82) is 0 Å². The van der Waals surface area contributed by atoms with Crippen LogP contribution in [0.25, 0.3) is 0 Å². The average Bonchev–Trinajstić information content (AvgIpc) is 2.23. The Labute approximate surface area is 99.5 Å². The van der Waals surface area contributed by atoms with Gasteiger partial charge < -0.3 is 10.6 Å². The van der Waals surface area contributed by atoms with E-state index in [9.17, 15) is 0 Å². The zero-order valence-electron chi connectivity index (χ0n) is 11.1. The van der Waals surface area contributed by atoms with Gasteiger partial charge in [-0.3, -0.25) is 0 Å². The molecule has 0 aromatic heterocycles. The third-order valence-corrected chi connectivity index (χ3v) is 3.05. The van der Waals surface area contributed by atoms with Crippen molar-refractivity contribution in [1.82, 2.24) is 5.32 Å². The van der Waals surface area contributed by atoms with E-state index in [-0.39, 0.29) is 0 Å². The Morgan fingerprint density at radius 2 is 1.69 bits per heavy atom. The SMILES string of the molecule is Cc1ccc(NCCNC(C)C)c(C)c1C. The third-order valence-electron chi connectivity index (χ3n) is 3.05. The van der Waals surface area contributed by atoms with Gasteiger partial charge in [0, 0.05) is 24.8 Å². The van der Waals surface area contributed by atoms with Gasteiger partial charge in [-0.05, 0) is 43.5 Å². The van der Waals surface area contributed by atoms with E-state index in [0.717, 1.165) is 13.1 Å². The van der Waals surface area contributed by atoms with Gasteiger partial charge in [0.1, 0.15) is 0 Å². The Morgan fingerprint density at radius 1 is 1.00 bits per heavy atom. The van der Waals surface area contributed by atoms with Crippen molar-refractivity contribution in [3.63, 3.8) is 0 Å². The Bertz CT molecular complexity index is 343. The molecule has 0 aliphatic rings. The fraction of sp³-hybridized carbons (Fsp3) is 0.571. The van der Waals surface area contributed by atoms with Gasteiger partial charge in [-0.15, -0.1) is 0 Å². The lowest BCUT2D eigenvalue weighted by molar-refractivity contribution is 0.602. The summed E-state index contributed by atoms with van der Waals surface area (Å²) in [6.45, 7) is 12.8. The third kappa shape index (κ3) is 3.53. The normalized spacial score (nSPS) is 10.9. The van der Waals surface area contributed by atoms with Gasteiger partial charge in [0.15, 0.2) is 0 Å². The van der Waals surface area contributed by atoms with Crippen LogP contribution in [-0.2, 0) is 0 Å². The maximum atomic E-state index is 3.47. The lowest BCUT2D eigenvalue weighted by Crippen LogP contribution is -2.28. The van der Waals surface area contributed by atoms with Crippen LogP contribution in [0.2, 0.25) is 0 Å². The average molecular weight is 220 g/mol. The molecule has 0 heterocycles. The molecule has 0 aliphatic heterocycles. The molecule has 16 heavy (non-hydrogen) atoms. The van der Waals surface area contributed by atoms with Crippen LogP contribution < -0.4 is 10.6 Å². The molecule has 2 nitrogen and oxygen atoms in total. The fourth-order valence-electron chi connectivity index (χ4n) is 1.71. The van der Waals surface area contributed by atoms with Gasteiger partial charge in [0.2, 0.25) is 0 Å². The molecular formula is C14H24N2. The minimum atomic E-state index is 0.558. The summed E-state index contributed by atoms with van der Waals surface area (Å²) in [6, 6.07) is 4.91. The van der Waals surface area contributed by atoms with E-state index in [1.165, 1.54) is 22.4 Å². The van der Waals surface area contributed by atoms with Crippen LogP contribution in [-0.4, -0.2) is 19.1 Å². The Kier molecular flexibility index (Phi) is 4.81. The standard InChI is InChI=1S/C14H24N2/c1-10(2)15-8-9-16-14-7-6-11(3)12(4)13(14)5/h6-7,10,15-16H,8-9H2,1-5H3. The van der Waals surface area contributed by atoms with Gasteiger partial charge in [-0.2, -0.15) is 0 Å². The first-order valence-electron chi connectivity index (χ1n) is 6.06. The number of hydrogen-bond donors (Lipinski definition) is 2. The highest BCUT2D eigenvalue weighted by molar-refractivity contribution is 5.55. The Balaban J connectivity index is 2.52. The van der Waals surface area contributed by atoms with Crippen molar-refractivity contribution >= 4 is 5.69 Å². The molecule has 90 valence electrons. The second kappa shape index (κ2) is 5.90. The molecule has 0 atom stereocenters. The summed E-state index contributed by atoms with van der Waals surface area (Å²) in [4.78, 5) is 0. The van der Waals surface area contributed by atoms with Crippen molar-refractivity contribution in [2.24, 2.45) is 0 Å². The molecule has 0 saturated heterocycles. The predicted molar refractivity (Wildman–Crippen MR) is 72.3 cm³/mol. The summed E-state index contributed by atoms with van der Waals surface area (Å²) in [6.07, 6.45) is 0. The van der Waals surface area contributed by atoms with Crippen LogP contribution in [0.5, 0.6) is 0 Å². The molecule has 2 N–H and O–H groups in total. The summed E-state index contributed by atoms with van der Waals surface area (Å²) >= 11 is 0. The highest BCUT2D eigenvalue weighted by atomic mass is 15.0. The van der Waals surface area contributed by atoms with E-state index in [1.807, 2.05) is 0 Å². The van der Waals surface area contributed by atoms with E-state index < -0.39 is 0 Å². The number of nitrogens with one attached hydrogen (secondary N) is 2. The molecule has 0 fully saturated rings. The quantitative estimate of drug-likeness (QED) is 0.745. The number of aryl methyl sites for hydroxylation is 1. The summed E-state index contributed by atoms with van der Waals surface area (Å²) < 4.78 is 0. The van der Waals surface area contributed by atoms with Crippen molar-refractivity contribution in [2.45, 2.75) is 40.7 Å². The lowest BCUT2D eigenvalue weighted by Gasteiger charge is -2.14. The van der Waals surface area contributed by atoms with E-state index >= 15 is 0 Å². The predicted octanol–water partition coefficient (Wildman–Crippen LogP) is 3.02. The zero-order valence-corrected chi connectivity index (χ0v) is 11.1. The largest absolute Gasteiger partial charge is 0.384 e. The van der Waals surface area contributed by atoms with Gasteiger partial charge >= 0.3 is 0 Å². The smallest absolute Gasteiger partial charge is 0.0373 e. The van der Waals surface area contributed by atoms with E-state index in [1.54, 1.807) is 0 Å². The van der Waals surface area contributed by atoms with Crippen LogP contribution in [0.3, 0.4) is 0 Å². The first kappa shape index (κ1) is 13.0. The van der Waals surface area contributed by atoms with Gasteiger partial charge in [-0.25, -0.2) is 0 Å². The van der Waals surface area contributed by atoms with E-state index in [0.29, 0.717) is 6.04 Å². The van der Waals surface area contributed by atoms with Gasteiger partial charge in [0.25, 0.3) is 0 Å². The Hall–Kier alpha value is -1.02. The van der Waals surface area contributed by atoms with Crippen LogP contribution in [0, 0.1) is 20.8 Å². The summed E-state index contributed by atoms with van der Waals surface area (Å²) in [5.74, 6) is 0. The molecular weight excluding hydrogens is 196 g/mol. The van der Waals surface area contributed by atoms with Crippen molar-refractivity contribution in [3.05, 3.63) is 28.8 Å². The molecule has 0 saturated carbocycles. The highest BCUT2D eigenvalue weighted by Crippen LogP contribution is 2.20. The molecule has 0 aliphatic carbocycles. The summed E-state index contributed by atoms with van der Waals surface area (Å²) in [5.41, 5.74) is 5.38. The fourth-order valence-corrected chi connectivity index (χ4v) is 1.71. The number of benzene rings is 1. The minimum Gasteiger partial charge on any atom is -0.384 e. The number of rotatable bonds is 5. The molecule has 2 heteroatoms. The van der Waals surface area contributed by atoms with Crippen molar-refractivity contribution in [2.75, 3.05) is 18.4 Å². The van der Waals surface area contributed by atoms with Crippen LogP contribution in [0.4, 0.5) is 5.69 Å². The van der Waals surface area contributed by atoms with E-state index in [4.69, 9.17) is 0 Å².